The summed E-state index contributed by atoms with van der Waals surface area (Å²) in [5.41, 5.74) is -1.22. The summed E-state index contributed by atoms with van der Waals surface area (Å²) in [4.78, 5) is 14.5. The van der Waals surface area contributed by atoms with Gasteiger partial charge in [0.05, 0.1) is 29.3 Å². The summed E-state index contributed by atoms with van der Waals surface area (Å²) >= 11 is 2.77. The van der Waals surface area contributed by atoms with Gasteiger partial charge < -0.3 is 19.1 Å². The van der Waals surface area contributed by atoms with Gasteiger partial charge in [-0.15, -0.1) is 22.7 Å². The van der Waals surface area contributed by atoms with Crippen LogP contribution in [-0.2, 0) is 19.9 Å². The molecular weight excluding hydrogens is 394 g/mol. The highest BCUT2D eigenvalue weighted by Crippen LogP contribution is 2.93. The first-order chi connectivity index (χ1) is 13.4. The molecule has 7 heteroatoms. The maximum absolute atomic E-state index is 13.3. The third-order valence-electron chi connectivity index (χ3n) is 8.39. The van der Waals surface area contributed by atoms with Crippen molar-refractivity contribution in [1.82, 2.24) is 0 Å². The SMILES string of the molecule is C[N+]1(C)C2CC(OC(=O)C(O)(c3cccs3)c3cccs3)CC23C2C4OC42C31. The Hall–Kier alpha value is -1.25. The van der Waals surface area contributed by atoms with Crippen LogP contribution < -0.4 is 0 Å². The number of aliphatic hydroxyl groups is 1. The minimum absolute atomic E-state index is 0.122. The first kappa shape index (κ1) is 16.5. The number of thiophene rings is 2. The van der Waals surface area contributed by atoms with E-state index in [9.17, 15) is 9.90 Å². The number of fused-ring (bicyclic) bond motifs is 1. The van der Waals surface area contributed by atoms with E-state index >= 15 is 0 Å². The van der Waals surface area contributed by atoms with Crippen molar-refractivity contribution >= 4 is 28.6 Å². The molecule has 0 bridgehead atoms. The maximum Gasteiger partial charge on any atom is 0.349 e. The largest absolute Gasteiger partial charge is 0.459 e. The van der Waals surface area contributed by atoms with Gasteiger partial charge >= 0.3 is 5.97 Å². The first-order valence-electron chi connectivity index (χ1n) is 9.90. The van der Waals surface area contributed by atoms with Crippen LogP contribution in [0.1, 0.15) is 22.6 Å². The predicted octanol–water partition coefficient (Wildman–Crippen LogP) is 2.35. The fraction of sp³-hybridized carbons (Fsp3) is 0.571. The van der Waals surface area contributed by atoms with Crippen molar-refractivity contribution in [2.75, 3.05) is 14.1 Å². The van der Waals surface area contributed by atoms with E-state index in [0.717, 1.165) is 17.3 Å². The number of epoxide rings is 1. The number of likely N-dealkylation sites (tertiary alicyclic amines) is 1. The summed E-state index contributed by atoms with van der Waals surface area (Å²) in [7, 11) is 4.60. The van der Waals surface area contributed by atoms with Crippen molar-refractivity contribution in [3.8, 4) is 0 Å². The molecule has 28 heavy (non-hydrogen) atoms. The molecule has 0 aromatic carbocycles. The lowest BCUT2D eigenvalue weighted by atomic mass is 9.50. The van der Waals surface area contributed by atoms with Crippen LogP contribution in [0.15, 0.2) is 35.0 Å². The van der Waals surface area contributed by atoms with Gasteiger partial charge in [0.15, 0.2) is 5.60 Å². The van der Waals surface area contributed by atoms with E-state index in [-0.39, 0.29) is 11.7 Å². The van der Waals surface area contributed by atoms with Crippen LogP contribution in [0, 0.1) is 11.3 Å². The average molecular weight is 417 g/mol. The van der Waals surface area contributed by atoms with E-state index in [2.05, 4.69) is 14.1 Å². The van der Waals surface area contributed by atoms with Crippen LogP contribution in [0.25, 0.3) is 0 Å². The molecule has 1 N–H and O–H groups in total. The van der Waals surface area contributed by atoms with Crippen molar-refractivity contribution in [2.45, 2.75) is 48.3 Å². The highest BCUT2D eigenvalue weighted by Gasteiger charge is 3.10. The standard InChI is InChI=1S/C21H22NO4S2/c1-22(2)12-9-11(10-19(12)15-16-21(15,26-16)17(19)22)25-18(23)20(24,13-5-3-7-27-13)14-6-4-8-28-14/h3-8,11-12,15-17,24H,9-10H2,1-2H3/q+1. The summed E-state index contributed by atoms with van der Waals surface area (Å²) in [6, 6.07) is 8.44. The normalized spacial score (nSPS) is 45.6. The van der Waals surface area contributed by atoms with E-state index < -0.39 is 11.6 Å². The summed E-state index contributed by atoms with van der Waals surface area (Å²) in [6.45, 7) is 0. The van der Waals surface area contributed by atoms with Crippen LogP contribution >= 0.6 is 22.7 Å². The highest BCUT2D eigenvalue weighted by atomic mass is 32.1. The number of hydrogen-bond acceptors (Lipinski definition) is 6. The maximum atomic E-state index is 13.3. The number of rotatable bonds is 4. The minimum atomic E-state index is -1.71. The molecule has 0 radical (unpaired) electrons. The Morgan fingerprint density at radius 3 is 2.54 bits per heavy atom. The second kappa shape index (κ2) is 4.57. The molecule has 2 aliphatic heterocycles. The van der Waals surface area contributed by atoms with Gasteiger partial charge in [0.1, 0.15) is 24.3 Å². The molecule has 5 aliphatic rings. The van der Waals surface area contributed by atoms with Gasteiger partial charge in [-0.25, -0.2) is 4.79 Å². The Balaban J connectivity index is 1.18. The molecule has 7 unspecified atom stereocenters. The van der Waals surface area contributed by atoms with Gasteiger partial charge in [0, 0.05) is 18.8 Å². The first-order valence-corrected chi connectivity index (χ1v) is 11.7. The number of nitrogens with zero attached hydrogens (tertiary/aromatic N) is 1. The highest BCUT2D eigenvalue weighted by molar-refractivity contribution is 7.12. The third-order valence-corrected chi connectivity index (χ3v) is 10.4. The molecule has 5 nitrogen and oxygen atoms in total. The Morgan fingerprint density at radius 2 is 1.96 bits per heavy atom. The fourth-order valence-corrected chi connectivity index (χ4v) is 9.36. The molecule has 7 atom stereocenters. The molecule has 2 aromatic rings. The van der Waals surface area contributed by atoms with Crippen molar-refractivity contribution < 1.29 is 23.9 Å². The summed E-state index contributed by atoms with van der Waals surface area (Å²) < 4.78 is 12.9. The molecule has 4 heterocycles. The van der Waals surface area contributed by atoms with Gasteiger partial charge in [0.2, 0.25) is 5.60 Å². The van der Waals surface area contributed by atoms with Crippen LogP contribution in [-0.4, -0.2) is 59.5 Å². The van der Waals surface area contributed by atoms with E-state index in [1.54, 1.807) is 0 Å². The monoisotopic (exact) mass is 416 g/mol. The number of carbonyl (C=O) groups is 1. The van der Waals surface area contributed by atoms with Crippen molar-refractivity contribution in [2.24, 2.45) is 11.3 Å². The predicted molar refractivity (Wildman–Crippen MR) is 104 cm³/mol. The van der Waals surface area contributed by atoms with Gasteiger partial charge in [-0.2, -0.15) is 0 Å². The second-order valence-electron chi connectivity index (χ2n) is 9.66. The number of carbonyl (C=O) groups excluding carboxylic acids is 1. The summed E-state index contributed by atoms with van der Waals surface area (Å²) in [6.07, 6.45) is 2.17. The van der Waals surface area contributed by atoms with Crippen LogP contribution in [0.2, 0.25) is 0 Å². The molecular formula is C21H22NO4S2+. The van der Waals surface area contributed by atoms with Crippen LogP contribution in [0.3, 0.4) is 0 Å². The molecule has 3 saturated carbocycles. The topological polar surface area (TPSA) is 59.1 Å². The third kappa shape index (κ3) is 1.49. The minimum Gasteiger partial charge on any atom is -0.459 e. The van der Waals surface area contributed by atoms with Gasteiger partial charge in [-0.3, -0.25) is 0 Å². The zero-order valence-corrected chi connectivity index (χ0v) is 17.3. The number of likely N-dealkylation sites (N-methyl/N-ethyl adjacent to an activating group) is 1. The van der Waals surface area contributed by atoms with E-state index in [1.165, 1.54) is 22.7 Å². The quantitative estimate of drug-likeness (QED) is 0.472. The summed E-state index contributed by atoms with van der Waals surface area (Å²) in [5, 5.41) is 15.2. The van der Waals surface area contributed by atoms with Gasteiger partial charge in [-0.1, -0.05) is 12.1 Å². The lowest BCUT2D eigenvalue weighted by Crippen LogP contribution is -2.87. The van der Waals surface area contributed by atoms with Gasteiger partial charge in [0.25, 0.3) is 0 Å². The Labute approximate surface area is 171 Å². The Kier molecular flexibility index (Phi) is 2.70. The molecule has 3 aliphatic carbocycles. The Bertz CT molecular complexity index is 968. The van der Waals surface area contributed by atoms with Crippen LogP contribution in [0.5, 0.6) is 0 Å². The Morgan fingerprint density at radius 1 is 1.29 bits per heavy atom. The van der Waals surface area contributed by atoms with Crippen molar-refractivity contribution in [3.63, 3.8) is 0 Å². The lowest BCUT2D eigenvalue weighted by Gasteiger charge is -2.71. The number of esters is 1. The lowest BCUT2D eigenvalue weighted by molar-refractivity contribution is -1.02. The summed E-state index contributed by atoms with van der Waals surface area (Å²) in [5.74, 6) is 0.159. The average Bonchev–Trinajstić information content (AvgIpc) is 3.17. The zero-order valence-electron chi connectivity index (χ0n) is 15.7. The van der Waals surface area contributed by atoms with Crippen LogP contribution in [0.4, 0.5) is 0 Å². The number of quaternary nitrogens is 1. The molecule has 2 saturated heterocycles. The van der Waals surface area contributed by atoms with Crippen molar-refractivity contribution in [1.29, 1.82) is 0 Å². The van der Waals surface area contributed by atoms with E-state index in [1.807, 2.05) is 35.0 Å². The van der Waals surface area contributed by atoms with E-state index in [4.69, 9.17) is 9.47 Å². The van der Waals surface area contributed by atoms with Gasteiger partial charge in [-0.05, 0) is 22.9 Å². The molecule has 2 spiro atoms. The fourth-order valence-electron chi connectivity index (χ4n) is 7.65. The number of hydrogen-bond donors (Lipinski definition) is 1. The molecule has 146 valence electrons. The van der Waals surface area contributed by atoms with E-state index in [0.29, 0.717) is 39.3 Å². The number of piperidine rings is 1. The van der Waals surface area contributed by atoms with Crippen molar-refractivity contribution in [3.05, 3.63) is 44.8 Å². The second-order valence-corrected chi connectivity index (χ2v) is 11.6. The smallest absolute Gasteiger partial charge is 0.349 e. The number of ether oxygens (including phenoxy) is 2. The molecule has 7 rings (SSSR count). The molecule has 0 amide bonds. The molecule has 5 fully saturated rings. The molecule has 2 aromatic heterocycles. The zero-order chi connectivity index (χ0) is 19.1.